The van der Waals surface area contributed by atoms with Crippen LogP contribution in [0.1, 0.15) is 44.5 Å². The molecule has 0 heteroatoms. The molecule has 0 nitrogen and oxygen atoms in total. The average molecular weight is 683 g/mol. The van der Waals surface area contributed by atoms with Crippen molar-refractivity contribution in [2.75, 3.05) is 0 Å². The van der Waals surface area contributed by atoms with Gasteiger partial charge in [0.05, 0.1) is 10.8 Å². The Kier molecular flexibility index (Phi) is 6.00. The smallest absolute Gasteiger partial charge is 0.0622 e. The van der Waals surface area contributed by atoms with Gasteiger partial charge in [0, 0.05) is 0 Å². The molecule has 0 spiro atoms. The molecule has 0 amide bonds. The van der Waals surface area contributed by atoms with Crippen LogP contribution in [0.3, 0.4) is 0 Å². The van der Waals surface area contributed by atoms with Crippen molar-refractivity contribution in [3.05, 3.63) is 251 Å². The molecule has 2 unspecified atom stereocenters. The summed E-state index contributed by atoms with van der Waals surface area (Å²) in [6.07, 6.45) is 0. The van der Waals surface area contributed by atoms with Crippen LogP contribution in [0.2, 0.25) is 0 Å². The van der Waals surface area contributed by atoms with Crippen LogP contribution in [0, 0.1) is 0 Å². The van der Waals surface area contributed by atoms with Crippen LogP contribution in [0.15, 0.2) is 206 Å². The van der Waals surface area contributed by atoms with Crippen LogP contribution >= 0.6 is 0 Å². The molecule has 3 aliphatic carbocycles. The highest BCUT2D eigenvalue weighted by Gasteiger charge is 2.61. The number of hydrogen-bond donors (Lipinski definition) is 0. The summed E-state index contributed by atoms with van der Waals surface area (Å²) >= 11 is 0. The van der Waals surface area contributed by atoms with Gasteiger partial charge in [-0.15, -0.1) is 0 Å². The van der Waals surface area contributed by atoms with E-state index in [-0.39, 0.29) is 0 Å². The summed E-state index contributed by atoms with van der Waals surface area (Å²) in [6.45, 7) is 0. The third-order valence-electron chi connectivity index (χ3n) is 12.7. The fourth-order valence-electron chi connectivity index (χ4n) is 10.8. The van der Waals surface area contributed by atoms with Crippen LogP contribution in [-0.4, -0.2) is 0 Å². The summed E-state index contributed by atoms with van der Waals surface area (Å²) in [5.74, 6) is 0. The summed E-state index contributed by atoms with van der Waals surface area (Å²) in [6, 6.07) is 77.7. The number of rotatable bonds is 4. The van der Waals surface area contributed by atoms with Crippen molar-refractivity contribution in [3.8, 4) is 44.5 Å². The van der Waals surface area contributed by atoms with Gasteiger partial charge in [0.15, 0.2) is 0 Å². The molecule has 12 rings (SSSR count). The zero-order valence-corrected chi connectivity index (χ0v) is 29.6. The van der Waals surface area contributed by atoms with Gasteiger partial charge in [-0.1, -0.05) is 194 Å². The van der Waals surface area contributed by atoms with Crippen molar-refractivity contribution in [1.29, 1.82) is 0 Å². The van der Waals surface area contributed by atoms with E-state index >= 15 is 0 Å². The van der Waals surface area contributed by atoms with Crippen LogP contribution in [-0.2, 0) is 10.8 Å². The number of hydrogen-bond acceptors (Lipinski definition) is 0. The maximum atomic E-state index is 2.51. The van der Waals surface area contributed by atoms with E-state index in [0.29, 0.717) is 0 Å². The summed E-state index contributed by atoms with van der Waals surface area (Å²) in [5, 5.41) is 2.64. The Balaban J connectivity index is 1.34. The van der Waals surface area contributed by atoms with Crippen molar-refractivity contribution in [2.24, 2.45) is 0 Å². The highest BCUT2D eigenvalue weighted by molar-refractivity contribution is 6.16. The first kappa shape index (κ1) is 29.8. The van der Waals surface area contributed by atoms with E-state index in [4.69, 9.17) is 0 Å². The molecule has 0 bridgehead atoms. The standard InChI is InChI=1S/C54H34/c1-5-17-35(18-6-1)37-29-31-43-47(33-37)53(39-21-9-3-10-22-39)45-27-15-16-28-46(45)54(40-23-11-4-12-24-40)48-34-38(36-19-7-2-8-20-36)30-32-44(48)50-42-26-14-13-25-41(42)49(43)51(53)52(50)54/h1-34H. The van der Waals surface area contributed by atoms with E-state index in [2.05, 4.69) is 206 Å². The van der Waals surface area contributed by atoms with Gasteiger partial charge in [0.2, 0.25) is 0 Å². The van der Waals surface area contributed by atoms with E-state index < -0.39 is 10.8 Å². The maximum Gasteiger partial charge on any atom is 0.0720 e. The topological polar surface area (TPSA) is 0 Å². The zero-order chi connectivity index (χ0) is 35.4. The Labute approximate surface area is 315 Å². The number of benzene rings is 9. The quantitative estimate of drug-likeness (QED) is 0.173. The van der Waals surface area contributed by atoms with Gasteiger partial charge in [-0.2, -0.15) is 0 Å². The zero-order valence-electron chi connectivity index (χ0n) is 29.6. The molecule has 0 aliphatic heterocycles. The molecule has 250 valence electrons. The van der Waals surface area contributed by atoms with E-state index in [1.54, 1.807) is 0 Å². The predicted molar refractivity (Wildman–Crippen MR) is 223 cm³/mol. The third-order valence-corrected chi connectivity index (χ3v) is 12.7. The van der Waals surface area contributed by atoms with Crippen molar-refractivity contribution in [1.82, 2.24) is 0 Å². The summed E-state index contributed by atoms with van der Waals surface area (Å²) in [5.41, 5.74) is 20.2. The molecule has 9 aromatic rings. The highest BCUT2D eigenvalue weighted by atomic mass is 14.6. The molecule has 2 atom stereocenters. The Morgan fingerprint density at radius 3 is 1.02 bits per heavy atom. The SMILES string of the molecule is c1ccc(-c2ccc3c(c2)C2(c4ccccc4)c4ccccc4C4(c5ccccc5)c5cc(-c6ccccc6)ccc5-c5c4c2c-3c2ccccc52)cc1. The summed E-state index contributed by atoms with van der Waals surface area (Å²) in [4.78, 5) is 0. The minimum absolute atomic E-state index is 0.538. The molecule has 0 aromatic heterocycles. The van der Waals surface area contributed by atoms with Crippen LogP contribution in [0.25, 0.3) is 55.3 Å². The largest absolute Gasteiger partial charge is 0.0720 e. The average Bonchev–Trinajstić information content (AvgIpc) is 3.74. The molecule has 0 saturated carbocycles. The molecule has 0 saturated heterocycles. The first-order valence-electron chi connectivity index (χ1n) is 19.0. The third kappa shape index (κ3) is 3.58. The van der Waals surface area contributed by atoms with Crippen molar-refractivity contribution in [3.63, 3.8) is 0 Å². The fraction of sp³-hybridized carbons (Fsp3) is 0.0370. The van der Waals surface area contributed by atoms with Gasteiger partial charge in [-0.05, 0) is 112 Å². The van der Waals surface area contributed by atoms with Gasteiger partial charge < -0.3 is 0 Å². The minimum atomic E-state index is -0.538. The van der Waals surface area contributed by atoms with Crippen LogP contribution in [0.5, 0.6) is 0 Å². The lowest BCUT2D eigenvalue weighted by Crippen LogP contribution is -2.43. The van der Waals surface area contributed by atoms with E-state index in [1.165, 1.54) is 99.8 Å². The van der Waals surface area contributed by atoms with Crippen LogP contribution in [0.4, 0.5) is 0 Å². The van der Waals surface area contributed by atoms with Crippen molar-refractivity contribution < 1.29 is 0 Å². The molecule has 54 heavy (non-hydrogen) atoms. The van der Waals surface area contributed by atoms with Gasteiger partial charge in [0.1, 0.15) is 0 Å². The second-order valence-electron chi connectivity index (χ2n) is 15.1. The van der Waals surface area contributed by atoms with E-state index in [0.717, 1.165) is 0 Å². The second-order valence-corrected chi connectivity index (χ2v) is 15.1. The molecular weight excluding hydrogens is 649 g/mol. The lowest BCUT2D eigenvalue weighted by atomic mass is 9.52. The van der Waals surface area contributed by atoms with E-state index in [9.17, 15) is 0 Å². The summed E-state index contributed by atoms with van der Waals surface area (Å²) < 4.78 is 0. The lowest BCUT2D eigenvalue weighted by molar-refractivity contribution is 0.640. The molecule has 9 aromatic carbocycles. The molecule has 3 aliphatic rings. The van der Waals surface area contributed by atoms with Gasteiger partial charge >= 0.3 is 0 Å². The maximum absolute atomic E-state index is 2.51. The van der Waals surface area contributed by atoms with Crippen molar-refractivity contribution in [2.45, 2.75) is 10.8 Å². The fourth-order valence-corrected chi connectivity index (χ4v) is 10.8. The van der Waals surface area contributed by atoms with Crippen molar-refractivity contribution >= 4 is 10.8 Å². The van der Waals surface area contributed by atoms with E-state index in [1.807, 2.05) is 0 Å². The molecule has 0 N–H and O–H groups in total. The normalized spacial score (nSPS) is 18.1. The first-order valence-corrected chi connectivity index (χ1v) is 19.0. The lowest BCUT2D eigenvalue weighted by Gasteiger charge is -2.48. The number of fused-ring (bicyclic) bond motifs is 12. The Bertz CT molecular complexity index is 2760. The Morgan fingerprint density at radius 1 is 0.259 bits per heavy atom. The van der Waals surface area contributed by atoms with Gasteiger partial charge in [0.25, 0.3) is 0 Å². The Hall–Kier alpha value is -6.76. The molecule has 0 radical (unpaired) electrons. The van der Waals surface area contributed by atoms with Gasteiger partial charge in [-0.3, -0.25) is 0 Å². The monoisotopic (exact) mass is 682 g/mol. The first-order chi connectivity index (χ1) is 26.8. The highest BCUT2D eigenvalue weighted by Crippen LogP contribution is 2.72. The Morgan fingerprint density at radius 2 is 0.611 bits per heavy atom. The molecule has 0 heterocycles. The van der Waals surface area contributed by atoms with Gasteiger partial charge in [-0.25, -0.2) is 0 Å². The second kappa shape index (κ2) is 10.9. The molecule has 0 fully saturated rings. The molecular formula is C54H34. The minimum Gasteiger partial charge on any atom is -0.0622 e. The summed E-state index contributed by atoms with van der Waals surface area (Å²) in [7, 11) is 0. The van der Waals surface area contributed by atoms with Crippen LogP contribution < -0.4 is 0 Å². The predicted octanol–water partition coefficient (Wildman–Crippen LogP) is 13.2.